The van der Waals surface area contributed by atoms with Gasteiger partial charge in [0.1, 0.15) is 0 Å². The van der Waals surface area contributed by atoms with Crippen LogP contribution in [0.1, 0.15) is 19.3 Å². The van der Waals surface area contributed by atoms with Crippen molar-refractivity contribution < 1.29 is 19.4 Å². The van der Waals surface area contributed by atoms with Gasteiger partial charge in [-0.15, -0.1) is 0 Å². The monoisotopic (exact) mass is 256 g/mol. The normalized spacial score (nSPS) is 29.0. The van der Waals surface area contributed by atoms with Crippen molar-refractivity contribution >= 4 is 11.9 Å². The zero-order chi connectivity index (χ0) is 13.0. The molecule has 0 aromatic heterocycles. The Morgan fingerprint density at radius 1 is 1.44 bits per heavy atom. The minimum absolute atomic E-state index is 0.0314. The van der Waals surface area contributed by atoms with Crippen LogP contribution >= 0.6 is 0 Å². The van der Waals surface area contributed by atoms with E-state index >= 15 is 0 Å². The largest absolute Gasteiger partial charge is 0.481 e. The summed E-state index contributed by atoms with van der Waals surface area (Å²) in [4.78, 5) is 24.7. The average Bonchev–Trinajstić information content (AvgIpc) is 2.40. The van der Waals surface area contributed by atoms with E-state index in [1.165, 1.54) is 0 Å². The Kier molecular flexibility index (Phi) is 4.54. The highest BCUT2D eigenvalue weighted by atomic mass is 16.5. The van der Waals surface area contributed by atoms with Crippen LogP contribution in [0.5, 0.6) is 0 Å². The maximum atomic E-state index is 12.1. The third kappa shape index (κ3) is 3.43. The van der Waals surface area contributed by atoms with Gasteiger partial charge in [0.15, 0.2) is 0 Å². The van der Waals surface area contributed by atoms with E-state index < -0.39 is 11.9 Å². The van der Waals surface area contributed by atoms with Gasteiger partial charge in [-0.25, -0.2) is 0 Å². The van der Waals surface area contributed by atoms with Gasteiger partial charge in [-0.05, 0) is 12.8 Å². The Balaban J connectivity index is 1.82. The number of nitrogens with zero attached hydrogens (tertiary/aromatic N) is 1. The third-order valence-electron chi connectivity index (χ3n) is 3.54. The molecule has 1 amide bonds. The molecule has 2 aliphatic heterocycles. The van der Waals surface area contributed by atoms with Crippen LogP contribution in [0.15, 0.2) is 0 Å². The number of hydrogen-bond donors (Lipinski definition) is 2. The number of carboxylic acid groups (broad SMARTS) is 1. The van der Waals surface area contributed by atoms with E-state index in [4.69, 9.17) is 9.84 Å². The van der Waals surface area contributed by atoms with Gasteiger partial charge in [0.2, 0.25) is 5.91 Å². The van der Waals surface area contributed by atoms with E-state index in [0.29, 0.717) is 39.1 Å². The first kappa shape index (κ1) is 13.3. The van der Waals surface area contributed by atoms with Gasteiger partial charge in [0.05, 0.1) is 19.1 Å². The summed E-state index contributed by atoms with van der Waals surface area (Å²) in [5.41, 5.74) is 0. The van der Waals surface area contributed by atoms with Crippen molar-refractivity contribution in [2.45, 2.75) is 25.3 Å². The fourth-order valence-electron chi connectivity index (χ4n) is 2.50. The number of carboxylic acids is 1. The summed E-state index contributed by atoms with van der Waals surface area (Å²) in [7, 11) is 0. The number of ether oxygens (including phenoxy) is 1. The van der Waals surface area contributed by atoms with E-state index in [1.54, 1.807) is 4.90 Å². The molecule has 2 N–H and O–H groups in total. The molecule has 1 unspecified atom stereocenters. The van der Waals surface area contributed by atoms with Crippen molar-refractivity contribution in [2.75, 3.05) is 32.8 Å². The van der Waals surface area contributed by atoms with Crippen LogP contribution in [0, 0.1) is 5.92 Å². The molecule has 2 fully saturated rings. The lowest BCUT2D eigenvalue weighted by Gasteiger charge is -2.32. The van der Waals surface area contributed by atoms with E-state index in [2.05, 4.69) is 5.32 Å². The summed E-state index contributed by atoms with van der Waals surface area (Å²) in [5, 5.41) is 12.2. The summed E-state index contributed by atoms with van der Waals surface area (Å²) in [5.74, 6) is -1.17. The molecule has 0 aromatic rings. The number of morpholine rings is 1. The molecular formula is C12H20N2O4. The predicted octanol–water partition coefficient (Wildman–Crippen LogP) is -0.312. The Hall–Kier alpha value is -1.14. The molecule has 0 bridgehead atoms. The first-order chi connectivity index (χ1) is 8.66. The molecule has 0 aromatic carbocycles. The van der Waals surface area contributed by atoms with Gasteiger partial charge < -0.3 is 20.1 Å². The molecule has 2 rings (SSSR count). The van der Waals surface area contributed by atoms with Gasteiger partial charge in [-0.2, -0.15) is 0 Å². The minimum atomic E-state index is -0.799. The Bertz CT molecular complexity index is 315. The number of carbonyl (C=O) groups is 2. The third-order valence-corrected chi connectivity index (χ3v) is 3.54. The smallest absolute Gasteiger partial charge is 0.308 e. The van der Waals surface area contributed by atoms with E-state index in [1.807, 2.05) is 0 Å². The fourth-order valence-corrected chi connectivity index (χ4v) is 2.50. The van der Waals surface area contributed by atoms with Gasteiger partial charge in [0.25, 0.3) is 0 Å². The van der Waals surface area contributed by atoms with Gasteiger partial charge >= 0.3 is 5.97 Å². The van der Waals surface area contributed by atoms with Crippen LogP contribution in [0.2, 0.25) is 0 Å². The fraction of sp³-hybridized carbons (Fsp3) is 0.833. The number of carbonyl (C=O) groups excluding carboxylic acids is 1. The molecular weight excluding hydrogens is 236 g/mol. The number of nitrogens with one attached hydrogen (secondary N) is 1. The molecule has 2 atom stereocenters. The molecule has 6 heteroatoms. The molecule has 0 saturated carbocycles. The molecule has 0 spiro atoms. The van der Waals surface area contributed by atoms with Crippen molar-refractivity contribution in [3.8, 4) is 0 Å². The number of likely N-dealkylation sites (tertiary alicyclic amines) is 1. The summed E-state index contributed by atoms with van der Waals surface area (Å²) >= 11 is 0. The Labute approximate surface area is 106 Å². The number of hydrogen-bond acceptors (Lipinski definition) is 4. The van der Waals surface area contributed by atoms with Gasteiger partial charge in [-0.1, -0.05) is 0 Å². The number of amides is 1. The topological polar surface area (TPSA) is 78.9 Å². The average molecular weight is 256 g/mol. The second kappa shape index (κ2) is 6.15. The van der Waals surface area contributed by atoms with Gasteiger partial charge in [-0.3, -0.25) is 9.59 Å². The maximum Gasteiger partial charge on any atom is 0.308 e. The minimum Gasteiger partial charge on any atom is -0.481 e. The molecule has 18 heavy (non-hydrogen) atoms. The van der Waals surface area contributed by atoms with Crippen molar-refractivity contribution in [3.05, 3.63) is 0 Å². The first-order valence-electron chi connectivity index (χ1n) is 6.48. The van der Waals surface area contributed by atoms with Crippen molar-refractivity contribution in [1.29, 1.82) is 0 Å². The van der Waals surface area contributed by atoms with E-state index in [9.17, 15) is 9.59 Å². The van der Waals surface area contributed by atoms with Crippen LogP contribution in [0.25, 0.3) is 0 Å². The zero-order valence-electron chi connectivity index (χ0n) is 10.4. The van der Waals surface area contributed by atoms with E-state index in [-0.39, 0.29) is 11.9 Å². The second-order valence-corrected chi connectivity index (χ2v) is 4.95. The quantitative estimate of drug-likeness (QED) is 0.724. The Morgan fingerprint density at radius 2 is 2.28 bits per heavy atom. The second-order valence-electron chi connectivity index (χ2n) is 4.95. The molecule has 2 heterocycles. The summed E-state index contributed by atoms with van der Waals surface area (Å²) in [6.07, 6.45) is 1.84. The van der Waals surface area contributed by atoms with Gasteiger partial charge in [0, 0.05) is 32.1 Å². The van der Waals surface area contributed by atoms with Crippen LogP contribution in [0.4, 0.5) is 0 Å². The number of rotatable bonds is 3. The molecule has 0 radical (unpaired) electrons. The number of piperidine rings is 1. The Morgan fingerprint density at radius 3 is 2.94 bits per heavy atom. The van der Waals surface area contributed by atoms with Crippen molar-refractivity contribution in [1.82, 2.24) is 10.2 Å². The molecule has 6 nitrogen and oxygen atoms in total. The SMILES string of the molecule is O=C(O)[C@H]1CCCN(C(=O)CC2COCCN2)C1. The number of aliphatic carboxylic acids is 1. The van der Waals surface area contributed by atoms with E-state index in [0.717, 1.165) is 13.0 Å². The maximum absolute atomic E-state index is 12.1. The molecule has 0 aliphatic carbocycles. The highest BCUT2D eigenvalue weighted by Crippen LogP contribution is 2.17. The summed E-state index contributed by atoms with van der Waals surface area (Å²) < 4.78 is 5.30. The summed E-state index contributed by atoms with van der Waals surface area (Å²) in [6, 6.07) is 0.0662. The zero-order valence-corrected chi connectivity index (χ0v) is 10.4. The lowest BCUT2D eigenvalue weighted by Crippen LogP contribution is -2.47. The van der Waals surface area contributed by atoms with Crippen LogP contribution in [0.3, 0.4) is 0 Å². The van der Waals surface area contributed by atoms with Crippen LogP contribution < -0.4 is 5.32 Å². The highest BCUT2D eigenvalue weighted by molar-refractivity contribution is 5.78. The van der Waals surface area contributed by atoms with Crippen molar-refractivity contribution in [2.24, 2.45) is 5.92 Å². The molecule has 102 valence electrons. The van der Waals surface area contributed by atoms with Crippen LogP contribution in [-0.4, -0.2) is 60.8 Å². The highest BCUT2D eigenvalue weighted by Gasteiger charge is 2.29. The van der Waals surface area contributed by atoms with Crippen molar-refractivity contribution in [3.63, 3.8) is 0 Å². The lowest BCUT2D eigenvalue weighted by atomic mass is 9.97. The first-order valence-corrected chi connectivity index (χ1v) is 6.48. The molecule has 2 aliphatic rings. The lowest BCUT2D eigenvalue weighted by molar-refractivity contribution is -0.145. The van der Waals surface area contributed by atoms with Crippen LogP contribution in [-0.2, 0) is 14.3 Å². The standard InChI is InChI=1S/C12H20N2O4/c15-11(6-10-8-18-5-3-13-10)14-4-1-2-9(7-14)12(16)17/h9-10,13H,1-8H2,(H,16,17)/t9-,10?/m0/s1. The predicted molar refractivity (Wildman–Crippen MR) is 64.2 cm³/mol. The summed E-state index contributed by atoms with van der Waals surface area (Å²) in [6.45, 7) is 3.05. The molecule has 2 saturated heterocycles.